The van der Waals surface area contributed by atoms with E-state index in [1.165, 1.54) is 0 Å². The number of rotatable bonds is 3. The Kier molecular flexibility index (Phi) is 3.67. The molecule has 0 spiro atoms. The van der Waals surface area contributed by atoms with E-state index in [9.17, 15) is 4.79 Å². The highest BCUT2D eigenvalue weighted by atomic mass is 16.6. The topological polar surface area (TPSA) is 51.5 Å². The maximum atomic E-state index is 11.6. The summed E-state index contributed by atoms with van der Waals surface area (Å²) in [6.45, 7) is 4.09. The van der Waals surface area contributed by atoms with Gasteiger partial charge >= 0.3 is 6.09 Å². The number of amides is 1. The van der Waals surface area contributed by atoms with Crippen molar-refractivity contribution in [2.75, 3.05) is 5.32 Å². The lowest BCUT2D eigenvalue weighted by atomic mass is 10.1. The van der Waals surface area contributed by atoms with Crippen LogP contribution in [0.25, 0.3) is 0 Å². The van der Waals surface area contributed by atoms with E-state index in [1.807, 2.05) is 32.0 Å². The van der Waals surface area contributed by atoms with Crippen molar-refractivity contribution >= 4 is 11.8 Å². The zero-order chi connectivity index (χ0) is 13.0. The second-order valence-electron chi connectivity index (χ2n) is 4.16. The number of carbonyl (C=O) groups excluding carboxylic acids is 1. The molecular formula is C14H15NO3. The summed E-state index contributed by atoms with van der Waals surface area (Å²) in [7, 11) is 0. The number of carbonyl (C=O) groups is 1. The number of furan rings is 1. The summed E-state index contributed by atoms with van der Waals surface area (Å²) in [5.74, 6) is 0.616. The minimum atomic E-state index is -0.489. The van der Waals surface area contributed by atoms with Gasteiger partial charge in [-0.2, -0.15) is 0 Å². The summed E-state index contributed by atoms with van der Waals surface area (Å²) in [4.78, 5) is 11.6. The van der Waals surface area contributed by atoms with Gasteiger partial charge in [-0.25, -0.2) is 4.79 Å². The summed E-state index contributed by atoms with van der Waals surface area (Å²) < 4.78 is 10.1. The molecule has 0 fully saturated rings. The Morgan fingerprint density at radius 3 is 2.61 bits per heavy atom. The van der Waals surface area contributed by atoms with Crippen LogP contribution in [0.5, 0.6) is 0 Å². The van der Waals surface area contributed by atoms with Crippen molar-refractivity contribution in [3.8, 4) is 0 Å². The van der Waals surface area contributed by atoms with Gasteiger partial charge in [0.1, 0.15) is 5.76 Å². The lowest BCUT2D eigenvalue weighted by Crippen LogP contribution is -2.13. The van der Waals surface area contributed by atoms with Crippen molar-refractivity contribution in [1.82, 2.24) is 0 Å². The van der Waals surface area contributed by atoms with Crippen molar-refractivity contribution in [2.45, 2.75) is 20.5 Å². The van der Waals surface area contributed by atoms with Crippen LogP contribution in [0.2, 0.25) is 0 Å². The standard InChI is InChI=1S/C14H15NO3/c1-10-6-11(2)8-12(7-10)15-14(16)18-9-13-4-3-5-17-13/h3-8H,9H2,1-2H3,(H,15,16). The SMILES string of the molecule is Cc1cc(C)cc(NC(=O)OCc2ccco2)c1. The summed E-state index contributed by atoms with van der Waals surface area (Å²) >= 11 is 0. The second kappa shape index (κ2) is 5.40. The van der Waals surface area contributed by atoms with Crippen LogP contribution in [-0.2, 0) is 11.3 Å². The molecule has 94 valence electrons. The molecule has 18 heavy (non-hydrogen) atoms. The van der Waals surface area contributed by atoms with Crippen molar-refractivity contribution < 1.29 is 13.9 Å². The van der Waals surface area contributed by atoms with E-state index < -0.39 is 6.09 Å². The fourth-order valence-electron chi connectivity index (χ4n) is 1.73. The third kappa shape index (κ3) is 3.38. The molecule has 1 heterocycles. The van der Waals surface area contributed by atoms with E-state index >= 15 is 0 Å². The molecule has 2 aromatic rings. The Balaban J connectivity index is 1.90. The first-order valence-corrected chi connectivity index (χ1v) is 5.68. The van der Waals surface area contributed by atoms with Gasteiger partial charge in [0, 0.05) is 5.69 Å². The van der Waals surface area contributed by atoms with Crippen LogP contribution in [0.4, 0.5) is 10.5 Å². The Labute approximate surface area is 106 Å². The van der Waals surface area contributed by atoms with Gasteiger partial charge in [0.25, 0.3) is 0 Å². The van der Waals surface area contributed by atoms with Crippen LogP contribution in [0.3, 0.4) is 0 Å². The fraction of sp³-hybridized carbons (Fsp3) is 0.214. The van der Waals surface area contributed by atoms with Crippen molar-refractivity contribution in [3.63, 3.8) is 0 Å². The molecule has 2 rings (SSSR count). The fourth-order valence-corrected chi connectivity index (χ4v) is 1.73. The van der Waals surface area contributed by atoms with Crippen LogP contribution < -0.4 is 5.32 Å². The van der Waals surface area contributed by atoms with Gasteiger partial charge in [0.15, 0.2) is 6.61 Å². The monoisotopic (exact) mass is 245 g/mol. The van der Waals surface area contributed by atoms with Crippen LogP contribution in [0, 0.1) is 13.8 Å². The van der Waals surface area contributed by atoms with Crippen LogP contribution in [0.15, 0.2) is 41.0 Å². The average Bonchev–Trinajstić information content (AvgIpc) is 2.77. The second-order valence-corrected chi connectivity index (χ2v) is 4.16. The van der Waals surface area contributed by atoms with Gasteiger partial charge in [0.05, 0.1) is 6.26 Å². The highest BCUT2D eigenvalue weighted by molar-refractivity contribution is 5.84. The molecule has 1 aromatic carbocycles. The minimum absolute atomic E-state index is 0.129. The molecule has 0 aliphatic rings. The van der Waals surface area contributed by atoms with E-state index in [-0.39, 0.29) is 6.61 Å². The average molecular weight is 245 g/mol. The molecule has 0 aliphatic carbocycles. The Hall–Kier alpha value is -2.23. The molecule has 0 saturated heterocycles. The zero-order valence-corrected chi connectivity index (χ0v) is 10.4. The predicted molar refractivity (Wildman–Crippen MR) is 68.4 cm³/mol. The van der Waals surface area contributed by atoms with Crippen LogP contribution in [0.1, 0.15) is 16.9 Å². The van der Waals surface area contributed by atoms with Gasteiger partial charge < -0.3 is 9.15 Å². The minimum Gasteiger partial charge on any atom is -0.466 e. The first kappa shape index (κ1) is 12.2. The largest absolute Gasteiger partial charge is 0.466 e. The number of benzene rings is 1. The highest BCUT2D eigenvalue weighted by Crippen LogP contribution is 2.14. The van der Waals surface area contributed by atoms with Gasteiger partial charge in [0.2, 0.25) is 0 Å². The maximum absolute atomic E-state index is 11.6. The quantitative estimate of drug-likeness (QED) is 0.898. The Morgan fingerprint density at radius 1 is 1.28 bits per heavy atom. The third-order valence-electron chi connectivity index (χ3n) is 2.39. The number of anilines is 1. The van der Waals surface area contributed by atoms with Crippen molar-refractivity contribution in [2.24, 2.45) is 0 Å². The number of aryl methyl sites for hydroxylation is 2. The Morgan fingerprint density at radius 2 is 2.00 bits per heavy atom. The Bertz CT molecular complexity index is 512. The third-order valence-corrected chi connectivity index (χ3v) is 2.39. The normalized spacial score (nSPS) is 10.1. The van der Waals surface area contributed by atoms with Gasteiger partial charge in [-0.1, -0.05) is 6.07 Å². The maximum Gasteiger partial charge on any atom is 0.412 e. The van der Waals surface area contributed by atoms with Crippen molar-refractivity contribution in [3.05, 3.63) is 53.5 Å². The number of hydrogen-bond donors (Lipinski definition) is 1. The number of nitrogens with one attached hydrogen (secondary N) is 1. The van der Waals surface area contributed by atoms with Crippen LogP contribution >= 0.6 is 0 Å². The first-order chi connectivity index (χ1) is 8.63. The van der Waals surface area contributed by atoms with E-state index in [4.69, 9.17) is 9.15 Å². The van der Waals surface area contributed by atoms with E-state index in [0.29, 0.717) is 5.76 Å². The van der Waals surface area contributed by atoms with Crippen LogP contribution in [-0.4, -0.2) is 6.09 Å². The lowest BCUT2D eigenvalue weighted by molar-refractivity contribution is 0.146. The van der Waals surface area contributed by atoms with Gasteiger partial charge in [-0.15, -0.1) is 0 Å². The predicted octanol–water partition coefficient (Wildman–Crippen LogP) is 3.65. The molecule has 0 atom stereocenters. The van der Waals surface area contributed by atoms with Gasteiger partial charge in [-0.05, 0) is 49.2 Å². The molecule has 1 amide bonds. The molecule has 1 N–H and O–H groups in total. The molecule has 0 aliphatic heterocycles. The number of hydrogen-bond acceptors (Lipinski definition) is 3. The summed E-state index contributed by atoms with van der Waals surface area (Å²) in [5.41, 5.74) is 2.92. The van der Waals surface area contributed by atoms with Gasteiger partial charge in [-0.3, -0.25) is 5.32 Å². The summed E-state index contributed by atoms with van der Waals surface area (Å²) in [6, 6.07) is 9.33. The summed E-state index contributed by atoms with van der Waals surface area (Å²) in [5, 5.41) is 2.68. The molecule has 0 bridgehead atoms. The van der Waals surface area contributed by atoms with E-state index in [2.05, 4.69) is 5.32 Å². The smallest absolute Gasteiger partial charge is 0.412 e. The molecule has 0 unspecified atom stereocenters. The molecule has 0 saturated carbocycles. The molecule has 4 nitrogen and oxygen atoms in total. The molecular weight excluding hydrogens is 230 g/mol. The number of ether oxygens (including phenoxy) is 1. The molecule has 0 radical (unpaired) electrons. The zero-order valence-electron chi connectivity index (χ0n) is 10.4. The molecule has 1 aromatic heterocycles. The van der Waals surface area contributed by atoms with E-state index in [1.54, 1.807) is 18.4 Å². The van der Waals surface area contributed by atoms with E-state index in [0.717, 1.165) is 16.8 Å². The summed E-state index contributed by atoms with van der Waals surface area (Å²) in [6.07, 6.45) is 1.05. The molecule has 4 heteroatoms. The first-order valence-electron chi connectivity index (χ1n) is 5.68. The highest BCUT2D eigenvalue weighted by Gasteiger charge is 2.05. The lowest BCUT2D eigenvalue weighted by Gasteiger charge is -2.07. The van der Waals surface area contributed by atoms with Crippen molar-refractivity contribution in [1.29, 1.82) is 0 Å².